The first-order valence-corrected chi connectivity index (χ1v) is 4.56. The van der Waals surface area contributed by atoms with Gasteiger partial charge in [-0.05, 0) is 6.54 Å². The summed E-state index contributed by atoms with van der Waals surface area (Å²) in [5.41, 5.74) is 0. The van der Waals surface area contributed by atoms with Gasteiger partial charge in [-0.3, -0.25) is 4.98 Å². The lowest BCUT2D eigenvalue weighted by Gasteiger charge is -2.05. The molecule has 78 valence electrons. The van der Waals surface area contributed by atoms with Crippen molar-refractivity contribution in [1.29, 1.82) is 0 Å². The van der Waals surface area contributed by atoms with E-state index in [9.17, 15) is 0 Å². The van der Waals surface area contributed by atoms with Gasteiger partial charge in [0.1, 0.15) is 6.61 Å². The van der Waals surface area contributed by atoms with E-state index in [1.165, 1.54) is 6.20 Å². The Hall–Kier alpha value is -1.36. The fourth-order valence-electron chi connectivity index (χ4n) is 0.904. The van der Waals surface area contributed by atoms with Crippen LogP contribution in [0.3, 0.4) is 0 Å². The highest BCUT2D eigenvalue weighted by atomic mass is 16.5. The molecule has 5 nitrogen and oxygen atoms in total. The minimum Gasteiger partial charge on any atom is -0.480 e. The van der Waals surface area contributed by atoms with Crippen LogP contribution in [0.4, 0.5) is 0 Å². The average molecular weight is 197 g/mol. The van der Waals surface area contributed by atoms with Crippen LogP contribution in [0.25, 0.3) is 0 Å². The summed E-state index contributed by atoms with van der Waals surface area (Å²) in [6.45, 7) is 4.36. The van der Waals surface area contributed by atoms with Crippen LogP contribution < -0.4 is 14.8 Å². The zero-order chi connectivity index (χ0) is 10.2. The summed E-state index contributed by atoms with van der Waals surface area (Å²) < 4.78 is 10.2. The van der Waals surface area contributed by atoms with Gasteiger partial charge in [-0.25, -0.2) is 0 Å². The van der Waals surface area contributed by atoms with Gasteiger partial charge >= 0.3 is 0 Å². The molecular formula is C9H15N3O2. The highest BCUT2D eigenvalue weighted by Crippen LogP contribution is 2.09. The van der Waals surface area contributed by atoms with Gasteiger partial charge in [-0.15, -0.1) is 0 Å². The van der Waals surface area contributed by atoms with E-state index >= 15 is 0 Å². The van der Waals surface area contributed by atoms with E-state index < -0.39 is 0 Å². The number of nitrogens with zero attached hydrogens (tertiary/aromatic N) is 2. The van der Waals surface area contributed by atoms with Crippen LogP contribution in [0.2, 0.25) is 0 Å². The summed E-state index contributed by atoms with van der Waals surface area (Å²) in [5.74, 6) is 0.952. The number of likely N-dealkylation sites (N-methyl/N-ethyl adjacent to an activating group) is 1. The number of methoxy groups -OCH3 is 1. The molecule has 0 radical (unpaired) electrons. The Bertz CT molecular complexity index is 268. The Kier molecular flexibility index (Phi) is 4.71. The summed E-state index contributed by atoms with van der Waals surface area (Å²) >= 11 is 0. The Morgan fingerprint density at radius 3 is 2.86 bits per heavy atom. The van der Waals surface area contributed by atoms with Gasteiger partial charge in [0.05, 0.1) is 19.5 Å². The number of aromatic nitrogens is 2. The maximum atomic E-state index is 5.33. The topological polar surface area (TPSA) is 56.3 Å². The molecule has 14 heavy (non-hydrogen) atoms. The van der Waals surface area contributed by atoms with Crippen molar-refractivity contribution in [3.63, 3.8) is 0 Å². The van der Waals surface area contributed by atoms with Crippen molar-refractivity contribution in [2.75, 3.05) is 26.8 Å². The lowest BCUT2D eigenvalue weighted by atomic mass is 10.6. The highest BCUT2D eigenvalue weighted by molar-refractivity contribution is 5.12. The van der Waals surface area contributed by atoms with E-state index in [1.807, 2.05) is 6.92 Å². The Balaban J connectivity index is 2.34. The molecular weight excluding hydrogens is 182 g/mol. The van der Waals surface area contributed by atoms with Crippen molar-refractivity contribution in [3.05, 3.63) is 12.4 Å². The first-order chi connectivity index (χ1) is 6.86. The van der Waals surface area contributed by atoms with Gasteiger partial charge in [0.2, 0.25) is 11.8 Å². The second kappa shape index (κ2) is 6.15. The van der Waals surface area contributed by atoms with Crippen LogP contribution in [-0.4, -0.2) is 36.8 Å². The predicted molar refractivity (Wildman–Crippen MR) is 52.6 cm³/mol. The van der Waals surface area contributed by atoms with Gasteiger partial charge in [0.25, 0.3) is 0 Å². The third kappa shape index (κ3) is 3.57. The molecule has 0 amide bonds. The maximum absolute atomic E-state index is 5.33. The number of nitrogens with one attached hydrogen (secondary N) is 1. The molecule has 0 aliphatic heterocycles. The summed E-state index contributed by atoms with van der Waals surface area (Å²) in [7, 11) is 1.55. The molecule has 1 heterocycles. The summed E-state index contributed by atoms with van der Waals surface area (Å²) in [4.78, 5) is 7.98. The van der Waals surface area contributed by atoms with Crippen molar-refractivity contribution in [3.8, 4) is 11.8 Å². The third-order valence-corrected chi connectivity index (χ3v) is 1.58. The number of rotatable bonds is 6. The van der Waals surface area contributed by atoms with Crippen molar-refractivity contribution < 1.29 is 9.47 Å². The van der Waals surface area contributed by atoms with Crippen LogP contribution in [0.5, 0.6) is 11.8 Å². The molecule has 5 heteroatoms. The SMILES string of the molecule is CCNCCOc1cncc(OC)n1. The Morgan fingerprint density at radius 2 is 2.14 bits per heavy atom. The van der Waals surface area contributed by atoms with Crippen molar-refractivity contribution in [2.45, 2.75) is 6.92 Å². The zero-order valence-corrected chi connectivity index (χ0v) is 8.49. The fourth-order valence-corrected chi connectivity index (χ4v) is 0.904. The molecule has 1 rings (SSSR count). The molecule has 0 aromatic carbocycles. The van der Waals surface area contributed by atoms with E-state index in [0.29, 0.717) is 18.4 Å². The van der Waals surface area contributed by atoms with Crippen LogP contribution >= 0.6 is 0 Å². The Labute approximate surface area is 83.5 Å². The van der Waals surface area contributed by atoms with E-state index in [0.717, 1.165) is 13.1 Å². The molecule has 1 aromatic rings. The second-order valence-corrected chi connectivity index (χ2v) is 2.60. The third-order valence-electron chi connectivity index (χ3n) is 1.58. The van der Waals surface area contributed by atoms with Crippen molar-refractivity contribution in [2.24, 2.45) is 0 Å². The van der Waals surface area contributed by atoms with Gasteiger partial charge in [-0.1, -0.05) is 6.92 Å². The quantitative estimate of drug-likeness (QED) is 0.672. The van der Waals surface area contributed by atoms with Gasteiger partial charge in [-0.2, -0.15) is 4.98 Å². The molecule has 0 aliphatic carbocycles. The zero-order valence-electron chi connectivity index (χ0n) is 8.49. The van der Waals surface area contributed by atoms with Gasteiger partial charge in [0, 0.05) is 6.54 Å². The van der Waals surface area contributed by atoms with Crippen LogP contribution in [0.15, 0.2) is 12.4 Å². The lowest BCUT2D eigenvalue weighted by Crippen LogP contribution is -2.20. The normalized spacial score (nSPS) is 9.86. The molecule has 0 fully saturated rings. The van der Waals surface area contributed by atoms with Crippen molar-refractivity contribution >= 4 is 0 Å². The Morgan fingerprint density at radius 1 is 1.36 bits per heavy atom. The minimum atomic E-state index is 0.464. The number of hydrogen-bond donors (Lipinski definition) is 1. The standard InChI is InChI=1S/C9H15N3O2/c1-3-10-4-5-14-9-7-11-6-8(12-9)13-2/h6-7,10H,3-5H2,1-2H3. The van der Waals surface area contributed by atoms with Crippen LogP contribution in [0, 0.1) is 0 Å². The summed E-state index contributed by atoms with van der Waals surface area (Å²) in [6, 6.07) is 0. The molecule has 1 aromatic heterocycles. The average Bonchev–Trinajstić information content (AvgIpc) is 2.25. The van der Waals surface area contributed by atoms with Crippen LogP contribution in [0.1, 0.15) is 6.92 Å². The highest BCUT2D eigenvalue weighted by Gasteiger charge is 1.98. The second-order valence-electron chi connectivity index (χ2n) is 2.60. The molecule has 1 N–H and O–H groups in total. The first-order valence-electron chi connectivity index (χ1n) is 4.56. The molecule has 0 saturated heterocycles. The largest absolute Gasteiger partial charge is 0.480 e. The molecule has 0 bridgehead atoms. The smallest absolute Gasteiger partial charge is 0.235 e. The summed E-state index contributed by atoms with van der Waals surface area (Å²) in [6.07, 6.45) is 3.10. The molecule has 0 atom stereocenters. The predicted octanol–water partition coefficient (Wildman–Crippen LogP) is 0.473. The number of hydrogen-bond acceptors (Lipinski definition) is 5. The van der Waals surface area contributed by atoms with E-state index in [1.54, 1.807) is 13.3 Å². The minimum absolute atomic E-state index is 0.464. The van der Waals surface area contributed by atoms with Crippen LogP contribution in [-0.2, 0) is 0 Å². The molecule has 0 unspecified atom stereocenters. The van der Waals surface area contributed by atoms with Gasteiger partial charge < -0.3 is 14.8 Å². The number of ether oxygens (including phenoxy) is 2. The molecule has 0 saturated carbocycles. The summed E-state index contributed by atoms with van der Waals surface area (Å²) in [5, 5.41) is 3.14. The van der Waals surface area contributed by atoms with E-state index in [-0.39, 0.29) is 0 Å². The van der Waals surface area contributed by atoms with Crippen molar-refractivity contribution in [1.82, 2.24) is 15.3 Å². The maximum Gasteiger partial charge on any atom is 0.235 e. The molecule has 0 aliphatic rings. The van der Waals surface area contributed by atoms with E-state index in [2.05, 4.69) is 15.3 Å². The van der Waals surface area contributed by atoms with Gasteiger partial charge in [0.15, 0.2) is 0 Å². The van der Waals surface area contributed by atoms with E-state index in [4.69, 9.17) is 9.47 Å². The monoisotopic (exact) mass is 197 g/mol. The fraction of sp³-hybridized carbons (Fsp3) is 0.556. The first kappa shape index (κ1) is 10.7. The molecule has 0 spiro atoms. The lowest BCUT2D eigenvalue weighted by molar-refractivity contribution is 0.294.